The molecule has 6 nitrogen and oxygen atoms in total. The van der Waals surface area contributed by atoms with E-state index in [2.05, 4.69) is 10.7 Å². The average Bonchev–Trinajstić information content (AvgIpc) is 2.72. The maximum atomic E-state index is 12.2. The Bertz CT molecular complexity index is 613. The van der Waals surface area contributed by atoms with Gasteiger partial charge in [-0.1, -0.05) is 18.2 Å². The molecule has 1 fully saturated rings. The highest BCUT2D eigenvalue weighted by Gasteiger charge is 2.42. The lowest BCUT2D eigenvalue weighted by molar-refractivity contribution is -0.139. The van der Waals surface area contributed by atoms with Gasteiger partial charge < -0.3 is 0 Å². The van der Waals surface area contributed by atoms with Crippen molar-refractivity contribution >= 4 is 17.7 Å². The molecule has 6 heteroatoms. The second-order valence-electron chi connectivity index (χ2n) is 5.37. The SMILES string of the molecule is CC1(NN2Cc3ccccc3C2=O)CCC(=O)NC1=O. The number of hydrazine groups is 1. The summed E-state index contributed by atoms with van der Waals surface area (Å²) in [5.74, 6) is -0.811. The third-order valence-corrected chi connectivity index (χ3v) is 3.81. The van der Waals surface area contributed by atoms with Crippen LogP contribution < -0.4 is 10.7 Å². The van der Waals surface area contributed by atoms with Crippen LogP contribution in [0.5, 0.6) is 0 Å². The molecule has 0 aliphatic carbocycles. The summed E-state index contributed by atoms with van der Waals surface area (Å²) < 4.78 is 0. The molecule has 0 saturated carbocycles. The van der Waals surface area contributed by atoms with Crippen molar-refractivity contribution in [2.45, 2.75) is 31.8 Å². The first kappa shape index (κ1) is 12.8. The predicted molar refractivity (Wildman–Crippen MR) is 70.2 cm³/mol. The van der Waals surface area contributed by atoms with E-state index in [-0.39, 0.29) is 18.2 Å². The number of imide groups is 1. The minimum absolute atomic E-state index is 0.147. The molecule has 0 aromatic heterocycles. The summed E-state index contributed by atoms with van der Waals surface area (Å²) in [5.41, 5.74) is 3.62. The Labute approximate surface area is 116 Å². The van der Waals surface area contributed by atoms with Crippen molar-refractivity contribution in [3.05, 3.63) is 35.4 Å². The zero-order valence-corrected chi connectivity index (χ0v) is 11.1. The molecule has 2 N–H and O–H groups in total. The number of piperidine rings is 1. The quantitative estimate of drug-likeness (QED) is 0.762. The topological polar surface area (TPSA) is 78.5 Å². The van der Waals surface area contributed by atoms with E-state index in [9.17, 15) is 14.4 Å². The molecule has 0 bridgehead atoms. The van der Waals surface area contributed by atoms with Gasteiger partial charge >= 0.3 is 0 Å². The number of hydrogen-bond acceptors (Lipinski definition) is 4. The molecule has 3 amide bonds. The molecule has 0 spiro atoms. The van der Waals surface area contributed by atoms with Crippen LogP contribution in [0.3, 0.4) is 0 Å². The van der Waals surface area contributed by atoms with Crippen molar-refractivity contribution in [2.75, 3.05) is 0 Å². The van der Waals surface area contributed by atoms with Crippen LogP contribution in [0, 0.1) is 0 Å². The molecule has 2 aliphatic rings. The van der Waals surface area contributed by atoms with Gasteiger partial charge in [0, 0.05) is 12.0 Å². The Morgan fingerprint density at radius 2 is 2.00 bits per heavy atom. The lowest BCUT2D eigenvalue weighted by atomic mass is 9.92. The van der Waals surface area contributed by atoms with E-state index in [0.29, 0.717) is 18.5 Å². The number of rotatable bonds is 2. The lowest BCUT2D eigenvalue weighted by Gasteiger charge is -2.36. The van der Waals surface area contributed by atoms with Crippen LogP contribution in [-0.2, 0) is 16.1 Å². The minimum atomic E-state index is -0.939. The van der Waals surface area contributed by atoms with Crippen LogP contribution in [0.25, 0.3) is 0 Å². The fourth-order valence-corrected chi connectivity index (χ4v) is 2.55. The normalized spacial score (nSPS) is 25.6. The van der Waals surface area contributed by atoms with E-state index in [4.69, 9.17) is 0 Å². The molecule has 20 heavy (non-hydrogen) atoms. The van der Waals surface area contributed by atoms with Gasteiger partial charge in [0.15, 0.2) is 0 Å². The van der Waals surface area contributed by atoms with Crippen molar-refractivity contribution in [1.29, 1.82) is 0 Å². The minimum Gasteiger partial charge on any atom is -0.295 e. The van der Waals surface area contributed by atoms with Crippen molar-refractivity contribution in [3.8, 4) is 0 Å². The number of nitrogens with zero attached hydrogens (tertiary/aromatic N) is 1. The zero-order chi connectivity index (χ0) is 14.3. The first-order chi connectivity index (χ1) is 9.49. The Morgan fingerprint density at radius 1 is 1.25 bits per heavy atom. The molecule has 2 heterocycles. The summed E-state index contributed by atoms with van der Waals surface area (Å²) in [7, 11) is 0. The van der Waals surface area contributed by atoms with Crippen molar-refractivity contribution in [2.24, 2.45) is 0 Å². The van der Waals surface area contributed by atoms with Crippen LogP contribution in [-0.4, -0.2) is 28.3 Å². The van der Waals surface area contributed by atoms with Crippen LogP contribution in [0.15, 0.2) is 24.3 Å². The lowest BCUT2D eigenvalue weighted by Crippen LogP contribution is -2.64. The molecular weight excluding hydrogens is 258 g/mol. The van der Waals surface area contributed by atoms with E-state index >= 15 is 0 Å². The summed E-state index contributed by atoms with van der Waals surface area (Å²) in [6.07, 6.45) is 0.641. The smallest absolute Gasteiger partial charge is 0.268 e. The van der Waals surface area contributed by atoms with E-state index in [0.717, 1.165) is 5.56 Å². The van der Waals surface area contributed by atoms with Gasteiger partial charge in [0.1, 0.15) is 5.54 Å². The highest BCUT2D eigenvalue weighted by atomic mass is 16.2. The van der Waals surface area contributed by atoms with Gasteiger partial charge in [0.2, 0.25) is 11.8 Å². The number of benzene rings is 1. The summed E-state index contributed by atoms with van der Waals surface area (Å²) >= 11 is 0. The van der Waals surface area contributed by atoms with Gasteiger partial charge in [-0.3, -0.25) is 24.7 Å². The van der Waals surface area contributed by atoms with Crippen LogP contribution in [0.1, 0.15) is 35.7 Å². The van der Waals surface area contributed by atoms with Crippen molar-refractivity contribution in [1.82, 2.24) is 15.8 Å². The third-order valence-electron chi connectivity index (χ3n) is 3.81. The molecule has 104 valence electrons. The molecule has 1 saturated heterocycles. The molecule has 0 radical (unpaired) electrons. The van der Waals surface area contributed by atoms with Crippen LogP contribution in [0.2, 0.25) is 0 Å². The van der Waals surface area contributed by atoms with E-state index in [1.807, 2.05) is 18.2 Å². The Kier molecular flexibility index (Phi) is 2.83. The van der Waals surface area contributed by atoms with Crippen LogP contribution >= 0.6 is 0 Å². The van der Waals surface area contributed by atoms with Gasteiger partial charge in [-0.15, -0.1) is 0 Å². The highest BCUT2D eigenvalue weighted by Crippen LogP contribution is 2.24. The number of carbonyl (C=O) groups is 3. The summed E-state index contributed by atoms with van der Waals surface area (Å²) in [5, 5.41) is 3.75. The fraction of sp³-hybridized carbons (Fsp3) is 0.357. The van der Waals surface area contributed by atoms with E-state index in [1.165, 1.54) is 5.01 Å². The maximum Gasteiger partial charge on any atom is 0.268 e. The standard InChI is InChI=1S/C14H15N3O3/c1-14(7-6-11(18)15-13(14)20)16-17-8-9-4-2-3-5-10(9)12(17)19/h2-5,16H,6-8H2,1H3,(H,15,18,20). The highest BCUT2D eigenvalue weighted by molar-refractivity contribution is 6.03. The molecule has 1 aromatic rings. The molecule has 3 rings (SSSR count). The molecule has 1 unspecified atom stereocenters. The molecule has 2 aliphatic heterocycles. The number of hydrogen-bond donors (Lipinski definition) is 2. The summed E-state index contributed by atoms with van der Waals surface area (Å²) in [6.45, 7) is 2.12. The Morgan fingerprint density at radius 3 is 2.70 bits per heavy atom. The Hall–Kier alpha value is -2.21. The fourth-order valence-electron chi connectivity index (χ4n) is 2.55. The molecular formula is C14H15N3O3. The van der Waals surface area contributed by atoms with E-state index < -0.39 is 11.4 Å². The summed E-state index contributed by atoms with van der Waals surface area (Å²) in [6, 6.07) is 7.35. The first-order valence-electron chi connectivity index (χ1n) is 6.51. The predicted octanol–water partition coefficient (Wildman–Crippen LogP) is 0.342. The van der Waals surface area contributed by atoms with Crippen molar-refractivity contribution in [3.63, 3.8) is 0 Å². The van der Waals surface area contributed by atoms with Gasteiger partial charge in [-0.25, -0.2) is 5.43 Å². The van der Waals surface area contributed by atoms with Gasteiger partial charge in [0.25, 0.3) is 5.91 Å². The van der Waals surface area contributed by atoms with E-state index in [1.54, 1.807) is 13.0 Å². The average molecular weight is 273 g/mol. The monoisotopic (exact) mass is 273 g/mol. The Balaban J connectivity index is 1.78. The number of carbonyl (C=O) groups excluding carboxylic acids is 3. The van der Waals surface area contributed by atoms with Gasteiger partial charge in [-0.05, 0) is 25.0 Å². The molecule has 1 aromatic carbocycles. The largest absolute Gasteiger partial charge is 0.295 e. The first-order valence-corrected chi connectivity index (χ1v) is 6.51. The second kappa shape index (κ2) is 4.42. The number of amides is 3. The zero-order valence-electron chi connectivity index (χ0n) is 11.1. The number of fused-ring (bicyclic) bond motifs is 1. The van der Waals surface area contributed by atoms with Crippen LogP contribution in [0.4, 0.5) is 0 Å². The third kappa shape index (κ3) is 1.98. The molecule has 1 atom stereocenters. The summed E-state index contributed by atoms with van der Waals surface area (Å²) in [4.78, 5) is 35.4. The number of nitrogens with one attached hydrogen (secondary N) is 2. The van der Waals surface area contributed by atoms with Gasteiger partial charge in [-0.2, -0.15) is 0 Å². The maximum absolute atomic E-state index is 12.2. The van der Waals surface area contributed by atoms with Gasteiger partial charge in [0.05, 0.1) is 6.54 Å². The van der Waals surface area contributed by atoms with Crippen molar-refractivity contribution < 1.29 is 14.4 Å². The second-order valence-corrected chi connectivity index (χ2v) is 5.37.